The minimum Gasteiger partial charge on any atom is -0.391 e. The van der Waals surface area contributed by atoms with Gasteiger partial charge in [0.1, 0.15) is 0 Å². The molecular weight excluding hydrogens is 321 g/mol. The zero-order valence-electron chi connectivity index (χ0n) is 13.2. The first-order valence-corrected chi connectivity index (χ1v) is 8.27. The van der Waals surface area contributed by atoms with Gasteiger partial charge in [0.25, 0.3) is 0 Å². The molecule has 1 aliphatic carbocycles. The van der Waals surface area contributed by atoms with Gasteiger partial charge in [-0.05, 0) is 37.0 Å². The first-order valence-electron chi connectivity index (χ1n) is 8.27. The molecule has 0 bridgehead atoms. The molecule has 2 N–H and O–H groups in total. The first kappa shape index (κ1) is 17.1. The molecule has 2 amide bonds. The van der Waals surface area contributed by atoms with Crippen molar-refractivity contribution in [1.29, 1.82) is 0 Å². The van der Waals surface area contributed by atoms with E-state index in [0.29, 0.717) is 5.56 Å². The molecule has 1 saturated carbocycles. The van der Waals surface area contributed by atoms with Gasteiger partial charge in [0.05, 0.1) is 17.7 Å². The van der Waals surface area contributed by atoms with Gasteiger partial charge >= 0.3 is 12.2 Å². The number of nitrogens with one attached hydrogen (secondary N) is 1. The van der Waals surface area contributed by atoms with Gasteiger partial charge in [0.15, 0.2) is 0 Å². The van der Waals surface area contributed by atoms with Crippen LogP contribution in [-0.4, -0.2) is 34.7 Å². The van der Waals surface area contributed by atoms with Crippen molar-refractivity contribution < 1.29 is 23.1 Å². The largest absolute Gasteiger partial charge is 0.416 e. The molecule has 1 aliphatic heterocycles. The maximum Gasteiger partial charge on any atom is 0.416 e. The van der Waals surface area contributed by atoms with Crippen LogP contribution in [0.3, 0.4) is 0 Å². The lowest BCUT2D eigenvalue weighted by Crippen LogP contribution is -2.44. The van der Waals surface area contributed by atoms with Gasteiger partial charge in [-0.25, -0.2) is 4.79 Å². The lowest BCUT2D eigenvalue weighted by molar-refractivity contribution is -0.137. The Kier molecular flexibility index (Phi) is 4.71. The molecule has 4 nitrogen and oxygen atoms in total. The van der Waals surface area contributed by atoms with Gasteiger partial charge < -0.3 is 15.3 Å². The molecule has 2 fully saturated rings. The average Bonchev–Trinajstić information content (AvgIpc) is 3.16. The summed E-state index contributed by atoms with van der Waals surface area (Å²) < 4.78 is 38.7. The van der Waals surface area contributed by atoms with Gasteiger partial charge in [-0.15, -0.1) is 0 Å². The highest BCUT2D eigenvalue weighted by Gasteiger charge is 2.38. The zero-order valence-corrected chi connectivity index (χ0v) is 13.2. The normalized spacial score (nSPS) is 25.2. The Bertz CT molecular complexity index is 600. The highest BCUT2D eigenvalue weighted by molar-refractivity contribution is 5.75. The van der Waals surface area contributed by atoms with Crippen LogP contribution in [0, 0.1) is 0 Å². The number of halogens is 3. The molecule has 3 rings (SSSR count). The summed E-state index contributed by atoms with van der Waals surface area (Å²) in [6, 6.07) is 4.28. The fraction of sp³-hybridized carbons (Fsp3) is 0.588. The van der Waals surface area contributed by atoms with E-state index in [9.17, 15) is 23.1 Å². The predicted molar refractivity (Wildman–Crippen MR) is 82.3 cm³/mol. The van der Waals surface area contributed by atoms with E-state index in [-0.39, 0.29) is 25.0 Å². The highest BCUT2D eigenvalue weighted by atomic mass is 19.4. The molecule has 1 aromatic carbocycles. The standard InChI is InChI=1S/C17H21F3N2O2/c18-17(19,20)12-5-3-4-11(8-12)15-9-14(23)10-22(15)16(24)21-13-6-1-2-7-13/h3-5,8,13-15,23H,1-2,6-7,9-10H2,(H,21,24). The number of β-amino-alcohol motifs (C(OH)–C–C–N with tert-alkyl or cyclic N) is 1. The van der Waals surface area contributed by atoms with Gasteiger partial charge in [-0.3, -0.25) is 0 Å². The van der Waals surface area contributed by atoms with E-state index in [1.54, 1.807) is 6.07 Å². The Balaban J connectivity index is 1.78. The van der Waals surface area contributed by atoms with E-state index in [1.807, 2.05) is 0 Å². The monoisotopic (exact) mass is 342 g/mol. The highest BCUT2D eigenvalue weighted by Crippen LogP contribution is 2.36. The second-order valence-electron chi connectivity index (χ2n) is 6.61. The Hall–Kier alpha value is -1.76. The topological polar surface area (TPSA) is 52.6 Å². The molecular formula is C17H21F3N2O2. The van der Waals surface area contributed by atoms with Crippen molar-refractivity contribution in [3.05, 3.63) is 35.4 Å². The van der Waals surface area contributed by atoms with Crippen LogP contribution in [0.25, 0.3) is 0 Å². The number of hydrogen-bond acceptors (Lipinski definition) is 2. The maximum absolute atomic E-state index is 12.9. The van der Waals surface area contributed by atoms with Crippen molar-refractivity contribution in [2.75, 3.05) is 6.54 Å². The Morgan fingerprint density at radius 1 is 1.25 bits per heavy atom. The SMILES string of the molecule is O=C(NC1CCCC1)N1CC(O)CC1c1cccc(C(F)(F)F)c1. The number of aliphatic hydroxyl groups excluding tert-OH is 1. The summed E-state index contributed by atoms with van der Waals surface area (Å²) in [6.45, 7) is 0.138. The molecule has 2 unspecified atom stereocenters. The number of amides is 2. The molecule has 1 aromatic rings. The minimum absolute atomic E-state index is 0.123. The molecule has 0 aromatic heterocycles. The second-order valence-corrected chi connectivity index (χ2v) is 6.61. The summed E-state index contributed by atoms with van der Waals surface area (Å²) in [5.74, 6) is 0. The quantitative estimate of drug-likeness (QED) is 0.865. The lowest BCUT2D eigenvalue weighted by atomic mass is 10.0. The van der Waals surface area contributed by atoms with Crippen molar-refractivity contribution in [1.82, 2.24) is 10.2 Å². The minimum atomic E-state index is -4.43. The number of rotatable bonds is 2. The van der Waals surface area contributed by atoms with Gasteiger partial charge in [0, 0.05) is 12.6 Å². The Morgan fingerprint density at radius 3 is 2.62 bits per heavy atom. The number of aliphatic hydroxyl groups is 1. The number of carbonyl (C=O) groups is 1. The van der Waals surface area contributed by atoms with Gasteiger partial charge in [-0.2, -0.15) is 13.2 Å². The number of likely N-dealkylation sites (tertiary alicyclic amines) is 1. The van der Waals surface area contributed by atoms with Gasteiger partial charge in [-0.1, -0.05) is 25.0 Å². The predicted octanol–water partition coefficient (Wildman–Crippen LogP) is 3.47. The average molecular weight is 342 g/mol. The second kappa shape index (κ2) is 6.63. The molecule has 0 spiro atoms. The zero-order chi connectivity index (χ0) is 17.3. The van der Waals surface area contributed by atoms with Crippen molar-refractivity contribution in [3.63, 3.8) is 0 Å². The lowest BCUT2D eigenvalue weighted by Gasteiger charge is -2.27. The van der Waals surface area contributed by atoms with E-state index < -0.39 is 23.9 Å². The summed E-state index contributed by atoms with van der Waals surface area (Å²) in [6.07, 6.45) is -0.898. The van der Waals surface area contributed by atoms with Crippen molar-refractivity contribution in [3.8, 4) is 0 Å². The molecule has 24 heavy (non-hydrogen) atoms. The fourth-order valence-electron chi connectivity index (χ4n) is 3.60. The number of benzene rings is 1. The van der Waals surface area contributed by atoms with E-state index in [4.69, 9.17) is 0 Å². The maximum atomic E-state index is 12.9. The smallest absolute Gasteiger partial charge is 0.391 e. The number of alkyl halides is 3. The third kappa shape index (κ3) is 3.66. The van der Waals surface area contributed by atoms with E-state index >= 15 is 0 Å². The van der Waals surface area contributed by atoms with E-state index in [0.717, 1.165) is 37.8 Å². The van der Waals surface area contributed by atoms with Crippen LogP contribution >= 0.6 is 0 Å². The fourth-order valence-corrected chi connectivity index (χ4v) is 3.60. The van der Waals surface area contributed by atoms with Gasteiger partial charge in [0.2, 0.25) is 0 Å². The number of hydrogen-bond donors (Lipinski definition) is 2. The Morgan fingerprint density at radius 2 is 1.96 bits per heavy atom. The van der Waals surface area contributed by atoms with Crippen LogP contribution in [0.2, 0.25) is 0 Å². The summed E-state index contributed by atoms with van der Waals surface area (Å²) in [4.78, 5) is 14.0. The van der Waals surface area contributed by atoms with Crippen LogP contribution in [0.1, 0.15) is 49.3 Å². The summed E-state index contributed by atoms with van der Waals surface area (Å²) in [5, 5.41) is 12.9. The molecule has 1 saturated heterocycles. The van der Waals surface area contributed by atoms with Crippen molar-refractivity contribution in [2.45, 2.75) is 56.5 Å². The molecule has 0 radical (unpaired) electrons. The summed E-state index contributed by atoms with van der Waals surface area (Å²) >= 11 is 0. The number of carbonyl (C=O) groups excluding carboxylic acids is 1. The van der Waals surface area contributed by atoms with E-state index in [2.05, 4.69) is 5.32 Å². The summed E-state index contributed by atoms with van der Waals surface area (Å²) in [5.41, 5.74) is -0.333. The van der Waals surface area contributed by atoms with Crippen LogP contribution < -0.4 is 5.32 Å². The van der Waals surface area contributed by atoms with Crippen LogP contribution in [-0.2, 0) is 6.18 Å². The van der Waals surface area contributed by atoms with Crippen molar-refractivity contribution in [2.24, 2.45) is 0 Å². The van der Waals surface area contributed by atoms with Crippen LogP contribution in [0.5, 0.6) is 0 Å². The third-order valence-electron chi connectivity index (χ3n) is 4.82. The van der Waals surface area contributed by atoms with E-state index in [1.165, 1.54) is 11.0 Å². The molecule has 1 heterocycles. The molecule has 2 aliphatic rings. The van der Waals surface area contributed by atoms with Crippen LogP contribution in [0.15, 0.2) is 24.3 Å². The molecule has 7 heteroatoms. The van der Waals surface area contributed by atoms with Crippen LogP contribution in [0.4, 0.5) is 18.0 Å². The Labute approximate surface area is 138 Å². The summed E-state index contributed by atoms with van der Waals surface area (Å²) in [7, 11) is 0. The number of nitrogens with zero attached hydrogens (tertiary/aromatic N) is 1. The molecule has 2 atom stereocenters. The molecule has 132 valence electrons. The third-order valence-corrected chi connectivity index (χ3v) is 4.82. The number of urea groups is 1. The first-order chi connectivity index (χ1) is 11.3. The van der Waals surface area contributed by atoms with Crippen molar-refractivity contribution >= 4 is 6.03 Å².